The Morgan fingerprint density at radius 1 is 1.14 bits per heavy atom. The summed E-state index contributed by atoms with van der Waals surface area (Å²) in [5, 5.41) is 6.13. The van der Waals surface area contributed by atoms with E-state index in [9.17, 15) is 4.79 Å². The van der Waals surface area contributed by atoms with E-state index in [4.69, 9.17) is 0 Å². The van der Waals surface area contributed by atoms with Crippen LogP contribution in [0.15, 0.2) is 54.0 Å². The van der Waals surface area contributed by atoms with E-state index in [-0.39, 0.29) is 5.91 Å². The molecule has 0 saturated carbocycles. The van der Waals surface area contributed by atoms with Crippen molar-refractivity contribution in [3.05, 3.63) is 64.5 Å². The topological polar surface area (TPSA) is 42.0 Å². The molecule has 0 radical (unpaired) electrons. The lowest BCUT2D eigenvalue weighted by molar-refractivity contribution is -0.121. The van der Waals surface area contributed by atoms with Crippen LogP contribution in [0.4, 0.5) is 0 Å². The Hall–Kier alpha value is -2.20. The second-order valence-electron chi connectivity index (χ2n) is 4.84. The molecule has 0 atom stereocenters. The molecule has 21 heavy (non-hydrogen) atoms. The van der Waals surface area contributed by atoms with Crippen LogP contribution >= 0.6 is 11.3 Å². The number of rotatable bonds is 5. The summed E-state index contributed by atoms with van der Waals surface area (Å²) in [5.41, 5.74) is 2.06. The number of carbonyl (C=O) groups is 1. The Balaban J connectivity index is 1.60. The number of fused-ring (bicyclic) bond motifs is 1. The molecular weight excluding hydrogens is 280 g/mol. The van der Waals surface area contributed by atoms with Crippen LogP contribution in [0.2, 0.25) is 0 Å². The number of hydrogen-bond donors (Lipinski definition) is 1. The lowest BCUT2D eigenvalue weighted by Gasteiger charge is -2.07. The van der Waals surface area contributed by atoms with Crippen LogP contribution in [0, 0.1) is 0 Å². The number of nitrogens with one attached hydrogen (secondary N) is 1. The Bertz CT molecular complexity index is 732. The van der Waals surface area contributed by atoms with E-state index in [0.717, 1.165) is 22.9 Å². The maximum absolute atomic E-state index is 11.9. The molecule has 0 bridgehead atoms. The summed E-state index contributed by atoms with van der Waals surface area (Å²) in [6.07, 6.45) is 3.12. The van der Waals surface area contributed by atoms with Crippen molar-refractivity contribution in [1.82, 2.24) is 10.3 Å². The normalized spacial score (nSPS) is 10.7. The first kappa shape index (κ1) is 13.8. The van der Waals surface area contributed by atoms with Gasteiger partial charge >= 0.3 is 0 Å². The van der Waals surface area contributed by atoms with Crippen LogP contribution in [0.3, 0.4) is 0 Å². The van der Waals surface area contributed by atoms with Crippen LogP contribution in [-0.2, 0) is 17.8 Å². The fourth-order valence-corrected chi connectivity index (χ4v) is 2.99. The van der Waals surface area contributed by atoms with Gasteiger partial charge in [-0.05, 0) is 35.6 Å². The third-order valence-corrected chi connectivity index (χ3v) is 4.33. The number of para-hydroxylation sites is 1. The van der Waals surface area contributed by atoms with Gasteiger partial charge in [-0.2, -0.15) is 0 Å². The van der Waals surface area contributed by atoms with Gasteiger partial charge in [-0.1, -0.05) is 24.3 Å². The average Bonchev–Trinajstić information content (AvgIpc) is 3.04. The Labute approximate surface area is 127 Å². The fraction of sp³-hybridized carbons (Fsp3) is 0.176. The molecule has 0 spiro atoms. The van der Waals surface area contributed by atoms with Crippen LogP contribution in [0.5, 0.6) is 0 Å². The van der Waals surface area contributed by atoms with Gasteiger partial charge in [0.15, 0.2) is 0 Å². The number of aromatic nitrogens is 1. The fourth-order valence-electron chi connectivity index (χ4n) is 2.28. The third kappa shape index (κ3) is 3.47. The predicted octanol–water partition coefficient (Wildman–Crippen LogP) is 3.55. The largest absolute Gasteiger partial charge is 0.352 e. The molecule has 0 unspecified atom stereocenters. The van der Waals surface area contributed by atoms with Gasteiger partial charge in [0.25, 0.3) is 0 Å². The van der Waals surface area contributed by atoms with E-state index in [2.05, 4.69) is 16.4 Å². The van der Waals surface area contributed by atoms with Gasteiger partial charge in [-0.3, -0.25) is 9.78 Å². The highest BCUT2D eigenvalue weighted by molar-refractivity contribution is 7.09. The zero-order valence-corrected chi connectivity index (χ0v) is 12.4. The minimum atomic E-state index is 0.0873. The van der Waals surface area contributed by atoms with Gasteiger partial charge in [0.1, 0.15) is 0 Å². The van der Waals surface area contributed by atoms with Gasteiger partial charge in [-0.25, -0.2) is 0 Å². The maximum Gasteiger partial charge on any atom is 0.220 e. The van der Waals surface area contributed by atoms with Crippen molar-refractivity contribution in [2.45, 2.75) is 19.4 Å². The smallest absolute Gasteiger partial charge is 0.220 e. The highest BCUT2D eigenvalue weighted by atomic mass is 32.1. The molecule has 0 fully saturated rings. The summed E-state index contributed by atoms with van der Waals surface area (Å²) in [6.45, 7) is 0.548. The quantitative estimate of drug-likeness (QED) is 0.782. The summed E-state index contributed by atoms with van der Waals surface area (Å²) in [7, 11) is 0. The maximum atomic E-state index is 11.9. The highest BCUT2D eigenvalue weighted by Crippen LogP contribution is 2.16. The number of benzene rings is 1. The molecule has 0 aliphatic heterocycles. The Kier molecular flexibility index (Phi) is 4.26. The second-order valence-corrected chi connectivity index (χ2v) is 5.88. The Morgan fingerprint density at radius 3 is 2.90 bits per heavy atom. The van der Waals surface area contributed by atoms with E-state index >= 15 is 0 Å². The Morgan fingerprint density at radius 2 is 2.05 bits per heavy atom. The first-order valence-corrected chi connectivity index (χ1v) is 7.82. The summed E-state index contributed by atoms with van der Waals surface area (Å²) in [6, 6.07) is 14.0. The molecule has 1 aromatic carbocycles. The molecule has 2 heterocycles. The average molecular weight is 296 g/mol. The first-order valence-electron chi connectivity index (χ1n) is 6.94. The van der Waals surface area contributed by atoms with Crippen LogP contribution < -0.4 is 5.32 Å². The number of nitrogens with zero attached hydrogens (tertiary/aromatic N) is 1. The van der Waals surface area contributed by atoms with Crippen molar-refractivity contribution in [2.24, 2.45) is 0 Å². The molecule has 4 heteroatoms. The molecule has 2 aromatic heterocycles. The van der Waals surface area contributed by atoms with Gasteiger partial charge in [-0.15, -0.1) is 11.3 Å². The molecule has 3 nitrogen and oxygen atoms in total. The third-order valence-electron chi connectivity index (χ3n) is 3.39. The number of aryl methyl sites for hydroxylation is 1. The van der Waals surface area contributed by atoms with Crippen molar-refractivity contribution < 1.29 is 4.79 Å². The van der Waals surface area contributed by atoms with E-state index in [1.165, 1.54) is 4.88 Å². The van der Waals surface area contributed by atoms with E-state index in [1.807, 2.05) is 41.8 Å². The lowest BCUT2D eigenvalue weighted by atomic mass is 10.1. The number of amides is 1. The number of pyridine rings is 1. The highest BCUT2D eigenvalue weighted by Gasteiger charge is 2.05. The zero-order valence-electron chi connectivity index (χ0n) is 11.6. The monoisotopic (exact) mass is 296 g/mol. The first-order chi connectivity index (χ1) is 10.3. The number of hydrogen-bond acceptors (Lipinski definition) is 3. The molecule has 0 aliphatic carbocycles. The van der Waals surface area contributed by atoms with Crippen molar-refractivity contribution in [3.8, 4) is 0 Å². The second kappa shape index (κ2) is 6.50. The molecule has 3 aromatic rings. The summed E-state index contributed by atoms with van der Waals surface area (Å²) in [4.78, 5) is 17.5. The van der Waals surface area contributed by atoms with E-state index < -0.39 is 0 Å². The standard InChI is InChI=1S/C17H16N2OS/c20-17(8-7-14-4-3-11-21-14)19-12-13-9-10-18-16-6-2-1-5-15(13)16/h1-6,9-11H,7-8,12H2,(H,19,20). The number of carbonyl (C=O) groups excluding carboxylic acids is 1. The number of thiophene rings is 1. The van der Waals surface area contributed by atoms with Crippen LogP contribution in [0.1, 0.15) is 16.9 Å². The minimum Gasteiger partial charge on any atom is -0.352 e. The van der Waals surface area contributed by atoms with Crippen LogP contribution in [0.25, 0.3) is 10.9 Å². The molecule has 1 amide bonds. The van der Waals surface area contributed by atoms with E-state index in [0.29, 0.717) is 13.0 Å². The molecule has 3 rings (SSSR count). The summed E-state index contributed by atoms with van der Waals surface area (Å²) >= 11 is 1.69. The van der Waals surface area contributed by atoms with Crippen LogP contribution in [-0.4, -0.2) is 10.9 Å². The summed E-state index contributed by atoms with van der Waals surface area (Å²) in [5.74, 6) is 0.0873. The minimum absolute atomic E-state index is 0.0873. The molecule has 1 N–H and O–H groups in total. The molecular formula is C17H16N2OS. The van der Waals surface area contributed by atoms with Crippen molar-refractivity contribution in [2.75, 3.05) is 0 Å². The van der Waals surface area contributed by atoms with E-state index in [1.54, 1.807) is 17.5 Å². The van der Waals surface area contributed by atoms with Crippen molar-refractivity contribution in [1.29, 1.82) is 0 Å². The van der Waals surface area contributed by atoms with Gasteiger partial charge < -0.3 is 5.32 Å². The van der Waals surface area contributed by atoms with Gasteiger partial charge in [0, 0.05) is 29.4 Å². The van der Waals surface area contributed by atoms with Gasteiger partial charge in [0.05, 0.1) is 5.52 Å². The molecule has 0 saturated heterocycles. The zero-order chi connectivity index (χ0) is 14.5. The molecule has 106 valence electrons. The van der Waals surface area contributed by atoms with Gasteiger partial charge in [0.2, 0.25) is 5.91 Å². The molecule has 0 aliphatic rings. The lowest BCUT2D eigenvalue weighted by Crippen LogP contribution is -2.23. The van der Waals surface area contributed by atoms with Crippen molar-refractivity contribution >= 4 is 28.1 Å². The summed E-state index contributed by atoms with van der Waals surface area (Å²) < 4.78 is 0. The predicted molar refractivity (Wildman–Crippen MR) is 86.2 cm³/mol. The van der Waals surface area contributed by atoms with Crippen molar-refractivity contribution in [3.63, 3.8) is 0 Å². The SMILES string of the molecule is O=C(CCc1cccs1)NCc1ccnc2ccccc12.